The minimum atomic E-state index is -3.75. The van der Waals surface area contributed by atoms with Gasteiger partial charge in [0.2, 0.25) is 10.0 Å². The number of carbonyl (C=O) groups excluding carboxylic acids is 1. The Bertz CT molecular complexity index is 1050. The van der Waals surface area contributed by atoms with Crippen LogP contribution in [0.25, 0.3) is 0 Å². The topological polar surface area (TPSA) is 66.5 Å². The smallest absolute Gasteiger partial charge is 0.251 e. The van der Waals surface area contributed by atoms with Crippen molar-refractivity contribution in [3.05, 3.63) is 63.9 Å². The molecule has 1 aliphatic carbocycles. The zero-order valence-corrected chi connectivity index (χ0v) is 17.4. The van der Waals surface area contributed by atoms with Crippen LogP contribution in [-0.4, -0.2) is 31.7 Å². The van der Waals surface area contributed by atoms with E-state index >= 15 is 0 Å². The quantitative estimate of drug-likeness (QED) is 0.785. The first-order chi connectivity index (χ1) is 13.9. The zero-order chi connectivity index (χ0) is 20.6. The van der Waals surface area contributed by atoms with Crippen molar-refractivity contribution in [2.75, 3.05) is 13.1 Å². The molecule has 1 unspecified atom stereocenters. The van der Waals surface area contributed by atoms with Crippen molar-refractivity contribution in [2.45, 2.75) is 43.0 Å². The predicted molar refractivity (Wildman–Crippen MR) is 109 cm³/mol. The van der Waals surface area contributed by atoms with E-state index in [0.717, 1.165) is 30.4 Å². The third-order valence-electron chi connectivity index (χ3n) is 5.61. The summed E-state index contributed by atoms with van der Waals surface area (Å²) < 4.78 is 40.8. The van der Waals surface area contributed by atoms with Crippen molar-refractivity contribution in [1.29, 1.82) is 0 Å². The lowest BCUT2D eigenvalue weighted by Gasteiger charge is -2.26. The summed E-state index contributed by atoms with van der Waals surface area (Å²) in [4.78, 5) is 12.8. The van der Waals surface area contributed by atoms with Gasteiger partial charge in [0.15, 0.2) is 0 Å². The number of sulfonamides is 1. The first kappa shape index (κ1) is 20.3. The Hall–Kier alpha value is -1.96. The number of fused-ring (bicyclic) bond motifs is 1. The van der Waals surface area contributed by atoms with Gasteiger partial charge < -0.3 is 5.32 Å². The monoisotopic (exact) mass is 436 g/mol. The molecule has 1 saturated heterocycles. The summed E-state index contributed by atoms with van der Waals surface area (Å²) in [5.41, 5.74) is 2.02. The van der Waals surface area contributed by atoms with Crippen LogP contribution in [0, 0.1) is 5.82 Å². The molecular formula is C21H22ClFN2O3S. The molecule has 1 N–H and O–H groups in total. The van der Waals surface area contributed by atoms with E-state index in [4.69, 9.17) is 11.6 Å². The van der Waals surface area contributed by atoms with Crippen LogP contribution in [0.5, 0.6) is 0 Å². The maximum Gasteiger partial charge on any atom is 0.251 e. The first-order valence-corrected chi connectivity index (χ1v) is 11.6. The number of rotatable bonds is 4. The van der Waals surface area contributed by atoms with E-state index in [1.165, 1.54) is 34.6 Å². The van der Waals surface area contributed by atoms with Crippen LogP contribution in [0.1, 0.15) is 53.2 Å². The summed E-state index contributed by atoms with van der Waals surface area (Å²) in [5.74, 6) is -0.667. The minimum Gasteiger partial charge on any atom is -0.345 e. The fourth-order valence-corrected chi connectivity index (χ4v) is 6.08. The Labute approximate surface area is 174 Å². The molecule has 5 nitrogen and oxygen atoms in total. The van der Waals surface area contributed by atoms with E-state index in [1.54, 1.807) is 6.07 Å². The lowest BCUT2D eigenvalue weighted by molar-refractivity contribution is 0.0936. The van der Waals surface area contributed by atoms with E-state index in [0.29, 0.717) is 25.9 Å². The molecule has 29 heavy (non-hydrogen) atoms. The van der Waals surface area contributed by atoms with Crippen LogP contribution < -0.4 is 5.32 Å². The van der Waals surface area contributed by atoms with Crippen molar-refractivity contribution in [3.8, 4) is 0 Å². The highest BCUT2D eigenvalue weighted by Crippen LogP contribution is 2.32. The van der Waals surface area contributed by atoms with Gasteiger partial charge in [-0.15, -0.1) is 0 Å². The number of nitrogens with one attached hydrogen (secondary N) is 1. The molecule has 1 fully saturated rings. The summed E-state index contributed by atoms with van der Waals surface area (Å²) in [6.45, 7) is 0.926. The van der Waals surface area contributed by atoms with Crippen LogP contribution in [-0.2, 0) is 16.4 Å². The van der Waals surface area contributed by atoms with Crippen LogP contribution >= 0.6 is 11.6 Å². The minimum absolute atomic E-state index is 0.0393. The van der Waals surface area contributed by atoms with Crippen molar-refractivity contribution in [3.63, 3.8) is 0 Å². The Morgan fingerprint density at radius 2 is 1.86 bits per heavy atom. The van der Waals surface area contributed by atoms with Gasteiger partial charge in [-0.25, -0.2) is 12.8 Å². The molecule has 2 aromatic rings. The summed E-state index contributed by atoms with van der Waals surface area (Å²) in [5, 5.41) is 3.04. The van der Waals surface area contributed by atoms with E-state index in [2.05, 4.69) is 5.32 Å². The SMILES string of the molecule is O=C(NC1CCc2cc(F)ccc21)c1ccc(Cl)c(S(=O)(=O)N2CCCCC2)c1. The number of hydrogen-bond donors (Lipinski definition) is 1. The molecule has 0 spiro atoms. The molecular weight excluding hydrogens is 415 g/mol. The van der Waals surface area contributed by atoms with Gasteiger partial charge >= 0.3 is 0 Å². The number of hydrogen-bond acceptors (Lipinski definition) is 3. The molecule has 154 valence electrons. The number of amides is 1. The second-order valence-electron chi connectivity index (χ2n) is 7.52. The molecule has 0 bridgehead atoms. The lowest BCUT2D eigenvalue weighted by atomic mass is 10.1. The highest BCUT2D eigenvalue weighted by Gasteiger charge is 2.30. The van der Waals surface area contributed by atoms with Gasteiger partial charge in [-0.3, -0.25) is 4.79 Å². The number of nitrogens with zero attached hydrogens (tertiary/aromatic N) is 1. The van der Waals surface area contributed by atoms with Crippen molar-refractivity contribution in [1.82, 2.24) is 9.62 Å². The van der Waals surface area contributed by atoms with Crippen molar-refractivity contribution < 1.29 is 17.6 Å². The largest absolute Gasteiger partial charge is 0.345 e. The molecule has 8 heteroatoms. The summed E-state index contributed by atoms with van der Waals surface area (Å²) >= 11 is 6.18. The van der Waals surface area contributed by atoms with Crippen LogP contribution in [0.4, 0.5) is 4.39 Å². The Morgan fingerprint density at radius 1 is 1.10 bits per heavy atom. The van der Waals surface area contributed by atoms with Gasteiger partial charge in [0.1, 0.15) is 10.7 Å². The highest BCUT2D eigenvalue weighted by molar-refractivity contribution is 7.89. The van der Waals surface area contributed by atoms with E-state index in [1.807, 2.05) is 0 Å². The molecule has 4 rings (SSSR count). The summed E-state index contributed by atoms with van der Waals surface area (Å²) in [6.07, 6.45) is 4.01. The standard InChI is InChI=1S/C21H22ClFN2O3S/c22-18-8-4-15(13-20(18)29(27,28)25-10-2-1-3-11-25)21(26)24-19-9-5-14-12-16(23)6-7-17(14)19/h4,6-8,12-13,19H,1-3,5,9-11H2,(H,24,26). The fourth-order valence-electron chi connectivity index (χ4n) is 4.06. The lowest BCUT2D eigenvalue weighted by Crippen LogP contribution is -2.36. The molecule has 1 amide bonds. The van der Waals surface area contributed by atoms with Crippen molar-refractivity contribution in [2.24, 2.45) is 0 Å². The molecule has 1 heterocycles. The normalized spacial score (nSPS) is 19.7. The maximum atomic E-state index is 13.4. The number of halogens is 2. The van der Waals surface area contributed by atoms with Crippen LogP contribution in [0.15, 0.2) is 41.3 Å². The summed E-state index contributed by atoms with van der Waals surface area (Å²) in [6, 6.07) is 8.66. The molecule has 2 aromatic carbocycles. The van der Waals surface area contributed by atoms with E-state index in [-0.39, 0.29) is 33.2 Å². The van der Waals surface area contributed by atoms with Gasteiger partial charge in [-0.05, 0) is 67.1 Å². The second-order valence-corrected chi connectivity index (χ2v) is 9.83. The average Bonchev–Trinajstić information content (AvgIpc) is 3.10. The van der Waals surface area contributed by atoms with Crippen LogP contribution in [0.3, 0.4) is 0 Å². The predicted octanol–water partition coefficient (Wildman–Crippen LogP) is 4.07. The van der Waals surface area contributed by atoms with E-state index < -0.39 is 10.0 Å². The van der Waals surface area contributed by atoms with Gasteiger partial charge in [-0.2, -0.15) is 4.31 Å². The maximum absolute atomic E-state index is 13.4. The van der Waals surface area contributed by atoms with Gasteiger partial charge in [-0.1, -0.05) is 24.1 Å². The molecule has 0 aromatic heterocycles. The Kier molecular flexibility index (Phi) is 5.64. The number of aryl methyl sites for hydroxylation is 1. The molecule has 1 atom stereocenters. The zero-order valence-electron chi connectivity index (χ0n) is 15.8. The number of carbonyl (C=O) groups is 1. The average molecular weight is 437 g/mol. The van der Waals surface area contributed by atoms with Gasteiger partial charge in [0.05, 0.1) is 11.1 Å². The third kappa shape index (κ3) is 4.04. The number of benzene rings is 2. The fraction of sp³-hybridized carbons (Fsp3) is 0.381. The number of piperidine rings is 1. The van der Waals surface area contributed by atoms with Crippen LogP contribution in [0.2, 0.25) is 5.02 Å². The molecule has 2 aliphatic rings. The highest BCUT2D eigenvalue weighted by atomic mass is 35.5. The molecule has 0 saturated carbocycles. The molecule has 0 radical (unpaired) electrons. The van der Waals surface area contributed by atoms with E-state index in [9.17, 15) is 17.6 Å². The van der Waals surface area contributed by atoms with Crippen molar-refractivity contribution >= 4 is 27.5 Å². The van der Waals surface area contributed by atoms with Gasteiger partial charge in [0.25, 0.3) is 5.91 Å². The Balaban J connectivity index is 1.57. The molecule has 1 aliphatic heterocycles. The van der Waals surface area contributed by atoms with Gasteiger partial charge in [0, 0.05) is 18.7 Å². The third-order valence-corrected chi connectivity index (χ3v) is 7.99. The second kappa shape index (κ2) is 8.05. The Morgan fingerprint density at radius 3 is 2.62 bits per heavy atom. The first-order valence-electron chi connectivity index (χ1n) is 9.75. The summed E-state index contributed by atoms with van der Waals surface area (Å²) in [7, 11) is -3.75.